The van der Waals surface area contributed by atoms with Crippen LogP contribution in [0, 0.1) is 3.57 Å². The van der Waals surface area contributed by atoms with Crippen LogP contribution in [0.3, 0.4) is 0 Å². The second-order valence-electron chi connectivity index (χ2n) is 4.10. The van der Waals surface area contributed by atoms with E-state index in [2.05, 4.69) is 65.9 Å². The Morgan fingerprint density at radius 3 is 2.53 bits per heavy atom. The van der Waals surface area contributed by atoms with E-state index >= 15 is 0 Å². The molecule has 0 aliphatic carbocycles. The van der Waals surface area contributed by atoms with Gasteiger partial charge in [0.1, 0.15) is 0 Å². The molecule has 1 aromatic carbocycles. The quantitative estimate of drug-likeness (QED) is 0.780. The topological polar surface area (TPSA) is 26.0 Å². The molecule has 90 valence electrons. The van der Waals surface area contributed by atoms with E-state index in [0.717, 1.165) is 12.8 Å². The first kappa shape index (κ1) is 13.1. The van der Waals surface area contributed by atoms with Gasteiger partial charge in [-0.15, -0.1) is 11.3 Å². The van der Waals surface area contributed by atoms with E-state index in [9.17, 15) is 0 Å². The van der Waals surface area contributed by atoms with Gasteiger partial charge in [-0.1, -0.05) is 25.5 Å². The molecule has 0 saturated carbocycles. The van der Waals surface area contributed by atoms with E-state index in [1.807, 2.05) is 11.3 Å². The Bertz CT molecular complexity index is 475. The van der Waals surface area contributed by atoms with Crippen molar-refractivity contribution in [1.82, 2.24) is 0 Å². The van der Waals surface area contributed by atoms with Crippen molar-refractivity contribution >= 4 is 33.9 Å². The molecule has 3 heteroatoms. The van der Waals surface area contributed by atoms with Crippen LogP contribution >= 0.6 is 33.9 Å². The maximum atomic E-state index is 6.13. The molecule has 2 rings (SSSR count). The predicted molar refractivity (Wildman–Crippen MR) is 84.3 cm³/mol. The van der Waals surface area contributed by atoms with Crippen molar-refractivity contribution in [3.8, 4) is 10.4 Å². The van der Waals surface area contributed by atoms with Gasteiger partial charge in [0.05, 0.1) is 0 Å². The number of hydrogen-bond acceptors (Lipinski definition) is 2. The van der Waals surface area contributed by atoms with Crippen LogP contribution in [-0.4, -0.2) is 0 Å². The van der Waals surface area contributed by atoms with E-state index in [-0.39, 0.29) is 6.04 Å². The lowest BCUT2D eigenvalue weighted by atomic mass is 10.1. The maximum Gasteiger partial charge on any atom is 0.0389 e. The Balaban J connectivity index is 2.20. The van der Waals surface area contributed by atoms with E-state index in [4.69, 9.17) is 5.73 Å². The van der Waals surface area contributed by atoms with Crippen LogP contribution in [0.4, 0.5) is 0 Å². The van der Waals surface area contributed by atoms with Crippen molar-refractivity contribution < 1.29 is 0 Å². The summed E-state index contributed by atoms with van der Waals surface area (Å²) in [5.74, 6) is 0. The van der Waals surface area contributed by atoms with Gasteiger partial charge in [0.25, 0.3) is 0 Å². The van der Waals surface area contributed by atoms with Crippen LogP contribution in [-0.2, 0) is 0 Å². The molecular weight excluding hydrogens is 341 g/mol. The number of thiophene rings is 1. The van der Waals surface area contributed by atoms with Crippen LogP contribution in [0.15, 0.2) is 36.4 Å². The van der Waals surface area contributed by atoms with Crippen molar-refractivity contribution in [2.75, 3.05) is 0 Å². The average Bonchev–Trinajstić information content (AvgIpc) is 2.80. The second kappa shape index (κ2) is 5.98. The summed E-state index contributed by atoms with van der Waals surface area (Å²) in [6.45, 7) is 2.17. The van der Waals surface area contributed by atoms with Gasteiger partial charge >= 0.3 is 0 Å². The molecule has 0 saturated heterocycles. The van der Waals surface area contributed by atoms with Crippen molar-refractivity contribution in [3.05, 3.63) is 44.8 Å². The molecule has 1 unspecified atom stereocenters. The molecule has 0 fully saturated rings. The first-order valence-electron chi connectivity index (χ1n) is 5.82. The summed E-state index contributed by atoms with van der Waals surface area (Å²) >= 11 is 4.14. The Morgan fingerprint density at radius 2 is 1.88 bits per heavy atom. The molecule has 0 spiro atoms. The minimum absolute atomic E-state index is 0.197. The molecule has 0 aliphatic rings. The summed E-state index contributed by atoms with van der Waals surface area (Å²) in [7, 11) is 0. The van der Waals surface area contributed by atoms with Crippen LogP contribution in [0.1, 0.15) is 30.7 Å². The Morgan fingerprint density at radius 1 is 1.18 bits per heavy atom. The predicted octanol–water partition coefficient (Wildman–Crippen LogP) is 4.82. The molecule has 1 aromatic heterocycles. The van der Waals surface area contributed by atoms with Crippen LogP contribution in [0.25, 0.3) is 10.4 Å². The molecule has 0 bridgehead atoms. The number of rotatable bonds is 4. The highest BCUT2D eigenvalue weighted by Gasteiger charge is 2.09. The standard InChI is InChI=1S/C14H16INS/c1-2-3-12(16)14-9-8-13(17-14)10-4-6-11(15)7-5-10/h4-9,12H,2-3,16H2,1H3. The van der Waals surface area contributed by atoms with E-state index in [1.54, 1.807) is 0 Å². The van der Waals surface area contributed by atoms with E-state index < -0.39 is 0 Å². The number of benzene rings is 1. The Hall–Kier alpha value is -0.390. The molecule has 0 amide bonds. The van der Waals surface area contributed by atoms with Gasteiger partial charge in [0, 0.05) is 19.4 Å². The Labute approximate surface area is 120 Å². The van der Waals surface area contributed by atoms with Crippen molar-refractivity contribution in [2.45, 2.75) is 25.8 Å². The fraction of sp³-hybridized carbons (Fsp3) is 0.286. The van der Waals surface area contributed by atoms with Crippen molar-refractivity contribution in [2.24, 2.45) is 5.73 Å². The highest BCUT2D eigenvalue weighted by atomic mass is 127. The third-order valence-electron chi connectivity index (χ3n) is 2.72. The molecule has 17 heavy (non-hydrogen) atoms. The summed E-state index contributed by atoms with van der Waals surface area (Å²) in [5.41, 5.74) is 7.41. The van der Waals surface area contributed by atoms with Gasteiger partial charge in [-0.3, -0.25) is 0 Å². The first-order chi connectivity index (χ1) is 8.20. The first-order valence-corrected chi connectivity index (χ1v) is 7.71. The van der Waals surface area contributed by atoms with Gasteiger partial charge in [0.2, 0.25) is 0 Å². The third-order valence-corrected chi connectivity index (χ3v) is 4.71. The largest absolute Gasteiger partial charge is 0.323 e. The monoisotopic (exact) mass is 357 g/mol. The fourth-order valence-corrected chi connectivity index (χ4v) is 3.18. The van der Waals surface area contributed by atoms with Gasteiger partial charge in [-0.25, -0.2) is 0 Å². The lowest BCUT2D eigenvalue weighted by Gasteiger charge is -2.06. The zero-order valence-electron chi connectivity index (χ0n) is 9.82. The average molecular weight is 357 g/mol. The fourth-order valence-electron chi connectivity index (χ4n) is 1.77. The Kier molecular flexibility index (Phi) is 4.59. The molecular formula is C14H16INS. The molecule has 2 aromatic rings. The van der Waals surface area contributed by atoms with Crippen LogP contribution in [0.5, 0.6) is 0 Å². The lowest BCUT2D eigenvalue weighted by molar-refractivity contribution is 0.648. The zero-order chi connectivity index (χ0) is 12.3. The van der Waals surface area contributed by atoms with E-state index in [1.165, 1.54) is 18.9 Å². The van der Waals surface area contributed by atoms with Crippen LogP contribution in [0.2, 0.25) is 0 Å². The molecule has 2 N–H and O–H groups in total. The molecule has 1 heterocycles. The molecule has 1 atom stereocenters. The van der Waals surface area contributed by atoms with E-state index in [0.29, 0.717) is 0 Å². The minimum Gasteiger partial charge on any atom is -0.323 e. The van der Waals surface area contributed by atoms with Crippen molar-refractivity contribution in [3.63, 3.8) is 0 Å². The number of halogens is 1. The van der Waals surface area contributed by atoms with Gasteiger partial charge in [-0.05, 0) is 58.8 Å². The smallest absolute Gasteiger partial charge is 0.0389 e. The van der Waals surface area contributed by atoms with Crippen molar-refractivity contribution in [1.29, 1.82) is 0 Å². The summed E-state index contributed by atoms with van der Waals surface area (Å²) in [4.78, 5) is 2.60. The molecule has 0 aliphatic heterocycles. The molecule has 0 radical (unpaired) electrons. The van der Waals surface area contributed by atoms with Gasteiger partial charge in [0.15, 0.2) is 0 Å². The normalized spacial score (nSPS) is 12.6. The highest BCUT2D eigenvalue weighted by Crippen LogP contribution is 2.32. The summed E-state index contributed by atoms with van der Waals surface area (Å²) in [6.07, 6.45) is 2.20. The number of nitrogens with two attached hydrogens (primary N) is 1. The number of hydrogen-bond donors (Lipinski definition) is 1. The minimum atomic E-state index is 0.197. The highest BCUT2D eigenvalue weighted by molar-refractivity contribution is 14.1. The second-order valence-corrected chi connectivity index (χ2v) is 6.47. The lowest BCUT2D eigenvalue weighted by Crippen LogP contribution is -2.07. The summed E-state index contributed by atoms with van der Waals surface area (Å²) < 4.78 is 1.27. The van der Waals surface area contributed by atoms with Gasteiger partial charge in [-0.2, -0.15) is 0 Å². The van der Waals surface area contributed by atoms with Crippen LogP contribution < -0.4 is 5.73 Å². The maximum absolute atomic E-state index is 6.13. The summed E-state index contributed by atoms with van der Waals surface area (Å²) in [5, 5.41) is 0. The van der Waals surface area contributed by atoms with Gasteiger partial charge < -0.3 is 5.73 Å². The summed E-state index contributed by atoms with van der Waals surface area (Å²) in [6, 6.07) is 13.2. The zero-order valence-corrected chi connectivity index (χ0v) is 12.8. The molecule has 1 nitrogen and oxygen atoms in total. The SMILES string of the molecule is CCCC(N)c1ccc(-c2ccc(I)cc2)s1. The third kappa shape index (κ3) is 3.30.